The maximum atomic E-state index is 14.7. The molecule has 0 aliphatic heterocycles. The van der Waals surface area contributed by atoms with E-state index in [1.165, 1.54) is 29.6 Å². The summed E-state index contributed by atoms with van der Waals surface area (Å²) in [5.74, 6) is -2.44. The van der Waals surface area contributed by atoms with E-state index < -0.39 is 48.1 Å². The first-order valence-electron chi connectivity index (χ1n) is 13.5. The van der Waals surface area contributed by atoms with E-state index in [9.17, 15) is 32.3 Å². The number of aromatic nitrogens is 2. The molecule has 5 rings (SSSR count). The number of hydrogen-bond donors (Lipinski definition) is 3. The predicted molar refractivity (Wildman–Crippen MR) is 163 cm³/mol. The number of fused-ring (bicyclic) bond motifs is 2. The fourth-order valence-corrected chi connectivity index (χ4v) is 6.14. The molecule has 3 heterocycles. The summed E-state index contributed by atoms with van der Waals surface area (Å²) in [6, 6.07) is 9.48. The molecule has 0 radical (unpaired) electrons. The number of nitrogens with zero attached hydrogens (tertiary/aromatic N) is 2. The molecule has 45 heavy (non-hydrogen) atoms. The number of nitrogens with two attached hydrogens (primary N) is 1. The van der Waals surface area contributed by atoms with Gasteiger partial charge >= 0.3 is 6.18 Å². The molecule has 0 fully saturated rings. The first-order valence-corrected chi connectivity index (χ1v) is 14.7. The van der Waals surface area contributed by atoms with Crippen molar-refractivity contribution in [3.63, 3.8) is 0 Å². The van der Waals surface area contributed by atoms with E-state index >= 15 is 0 Å². The number of amides is 2. The number of alkyl halides is 3. The van der Waals surface area contributed by atoms with Crippen LogP contribution in [0, 0.1) is 12.7 Å². The summed E-state index contributed by atoms with van der Waals surface area (Å²) in [6.07, 6.45) is -4.35. The van der Waals surface area contributed by atoms with Crippen molar-refractivity contribution in [2.24, 2.45) is 5.73 Å². The molecule has 8 nitrogen and oxygen atoms in total. The zero-order valence-corrected chi connectivity index (χ0v) is 25.3. The quantitative estimate of drug-likeness (QED) is 0.161. The molecule has 0 aliphatic rings. The molecule has 0 saturated carbocycles. The number of pyridine rings is 2. The Balaban J connectivity index is 1.62. The van der Waals surface area contributed by atoms with E-state index in [2.05, 4.69) is 15.3 Å². The van der Waals surface area contributed by atoms with Crippen LogP contribution in [0.3, 0.4) is 0 Å². The largest absolute Gasteiger partial charge is 0.491 e. The third-order valence-corrected chi connectivity index (χ3v) is 8.34. The maximum absolute atomic E-state index is 14.7. The van der Waals surface area contributed by atoms with Crippen LogP contribution in [-0.4, -0.2) is 46.2 Å². The van der Waals surface area contributed by atoms with Gasteiger partial charge in [0.05, 0.1) is 40.5 Å². The van der Waals surface area contributed by atoms with Crippen LogP contribution in [0.15, 0.2) is 54.0 Å². The lowest BCUT2D eigenvalue weighted by atomic mass is 9.93. The standard InChI is InChI=1S/C31H25ClF4N4O4S/c1-3-44-27-17(11-24(37)41)10-23(40-26(27)20-13-45-28-19(20)5-4-6-22(28)33)30(43,31(34,35)36)14-39-29(42)18-8-16-7-15(2)12-38-25(16)21(32)9-18/h4-10,12-13,43H,3,11,14H2,1-2H3,(H2,37,41)(H,39,42)/t30-/m0/s1. The summed E-state index contributed by atoms with van der Waals surface area (Å²) in [5, 5.41) is 15.9. The van der Waals surface area contributed by atoms with Crippen LogP contribution in [-0.2, 0) is 16.8 Å². The Morgan fingerprint density at radius 3 is 2.62 bits per heavy atom. The van der Waals surface area contributed by atoms with Crippen molar-refractivity contribution in [3.05, 3.63) is 87.3 Å². The lowest BCUT2D eigenvalue weighted by molar-refractivity contribution is -0.265. The topological polar surface area (TPSA) is 127 Å². The Kier molecular flexibility index (Phi) is 8.71. The van der Waals surface area contributed by atoms with Crippen LogP contribution in [0.4, 0.5) is 17.6 Å². The normalized spacial score (nSPS) is 13.2. The number of hydrogen-bond acceptors (Lipinski definition) is 7. The molecular weight excluding hydrogens is 636 g/mol. The number of thiophene rings is 1. The summed E-state index contributed by atoms with van der Waals surface area (Å²) < 4.78 is 64.7. The fraction of sp³-hybridized carbons (Fsp3) is 0.226. The van der Waals surface area contributed by atoms with Crippen molar-refractivity contribution in [3.8, 4) is 17.0 Å². The first-order chi connectivity index (χ1) is 21.2. The lowest BCUT2D eigenvalue weighted by Gasteiger charge is -2.31. The minimum Gasteiger partial charge on any atom is -0.491 e. The summed E-state index contributed by atoms with van der Waals surface area (Å²) in [4.78, 5) is 33.5. The van der Waals surface area contributed by atoms with Crippen LogP contribution >= 0.6 is 22.9 Å². The SMILES string of the molecule is CCOc1c(CC(N)=O)cc([C@@](O)(CNC(=O)c2cc(Cl)c3ncc(C)cc3c2)C(F)(F)F)nc1-c1csc2c(F)cccc12. The number of benzene rings is 2. The van der Waals surface area contributed by atoms with E-state index in [1.54, 1.807) is 32.2 Å². The first kappa shape index (κ1) is 32.1. The van der Waals surface area contributed by atoms with E-state index in [0.717, 1.165) is 23.0 Å². The Labute approximate surface area is 262 Å². The summed E-state index contributed by atoms with van der Waals surface area (Å²) in [6.45, 7) is 2.08. The number of aliphatic hydroxyl groups is 1. The molecule has 234 valence electrons. The number of halogens is 5. The second kappa shape index (κ2) is 12.2. The molecule has 0 unspecified atom stereocenters. The van der Waals surface area contributed by atoms with Gasteiger partial charge < -0.3 is 20.9 Å². The van der Waals surface area contributed by atoms with E-state index in [-0.39, 0.29) is 44.5 Å². The summed E-state index contributed by atoms with van der Waals surface area (Å²) in [5.41, 5.74) is 1.81. The highest BCUT2D eigenvalue weighted by atomic mass is 35.5. The van der Waals surface area contributed by atoms with Crippen LogP contribution in [0.2, 0.25) is 5.02 Å². The van der Waals surface area contributed by atoms with Gasteiger partial charge in [0, 0.05) is 39.0 Å². The predicted octanol–water partition coefficient (Wildman–Crippen LogP) is 6.22. The number of primary amides is 1. The summed E-state index contributed by atoms with van der Waals surface area (Å²) in [7, 11) is 0. The molecule has 2 amide bonds. The van der Waals surface area contributed by atoms with E-state index in [4.69, 9.17) is 22.1 Å². The van der Waals surface area contributed by atoms with Crippen LogP contribution in [0.1, 0.15) is 34.1 Å². The smallest absolute Gasteiger partial charge is 0.424 e. The van der Waals surface area contributed by atoms with Crippen molar-refractivity contribution in [2.75, 3.05) is 13.2 Å². The second-order valence-corrected chi connectivity index (χ2v) is 11.6. The van der Waals surface area contributed by atoms with Gasteiger partial charge in [-0.25, -0.2) is 9.37 Å². The Morgan fingerprint density at radius 2 is 1.93 bits per heavy atom. The molecule has 0 spiro atoms. The average Bonchev–Trinajstić information content (AvgIpc) is 3.40. The third-order valence-electron chi connectivity index (χ3n) is 7.04. The van der Waals surface area contributed by atoms with Crippen molar-refractivity contribution in [2.45, 2.75) is 32.0 Å². The van der Waals surface area contributed by atoms with Gasteiger partial charge in [0.1, 0.15) is 17.3 Å². The minimum absolute atomic E-state index is 0.0409. The van der Waals surface area contributed by atoms with Gasteiger partial charge in [-0.05, 0) is 49.7 Å². The zero-order chi connectivity index (χ0) is 32.7. The number of nitrogens with one attached hydrogen (secondary N) is 1. The molecule has 1 atom stereocenters. The van der Waals surface area contributed by atoms with Crippen molar-refractivity contribution >= 4 is 55.7 Å². The van der Waals surface area contributed by atoms with Crippen LogP contribution < -0.4 is 15.8 Å². The average molecular weight is 661 g/mol. The van der Waals surface area contributed by atoms with Crippen molar-refractivity contribution in [1.82, 2.24) is 15.3 Å². The molecular formula is C31H25ClF4N4O4S. The van der Waals surface area contributed by atoms with Gasteiger partial charge in [-0.2, -0.15) is 13.2 Å². The number of carbonyl (C=O) groups excluding carboxylic acids is 2. The highest BCUT2D eigenvalue weighted by Crippen LogP contribution is 2.44. The number of rotatable bonds is 9. The van der Waals surface area contributed by atoms with Gasteiger partial charge in [0.2, 0.25) is 11.5 Å². The molecule has 5 aromatic rings. The van der Waals surface area contributed by atoms with E-state index in [1.807, 2.05) is 0 Å². The van der Waals surface area contributed by atoms with Gasteiger partial charge in [0.25, 0.3) is 5.91 Å². The third kappa shape index (κ3) is 6.15. The number of carbonyl (C=O) groups is 2. The van der Waals surface area contributed by atoms with Gasteiger partial charge in [-0.15, -0.1) is 11.3 Å². The Morgan fingerprint density at radius 1 is 1.18 bits per heavy atom. The van der Waals surface area contributed by atoms with Crippen molar-refractivity contribution in [1.29, 1.82) is 0 Å². The molecule has 0 saturated heterocycles. The van der Waals surface area contributed by atoms with Gasteiger partial charge in [-0.3, -0.25) is 14.6 Å². The fourth-order valence-electron chi connectivity index (χ4n) is 4.90. The number of aryl methyl sites for hydroxylation is 1. The molecule has 0 aliphatic carbocycles. The Hall–Kier alpha value is -4.33. The van der Waals surface area contributed by atoms with Crippen LogP contribution in [0.25, 0.3) is 32.2 Å². The van der Waals surface area contributed by atoms with Crippen molar-refractivity contribution < 1.29 is 37.0 Å². The second-order valence-electron chi connectivity index (χ2n) is 10.3. The van der Waals surface area contributed by atoms with Gasteiger partial charge in [-0.1, -0.05) is 23.7 Å². The molecule has 0 bridgehead atoms. The summed E-state index contributed by atoms with van der Waals surface area (Å²) >= 11 is 7.28. The number of ether oxygens (including phenoxy) is 1. The molecule has 4 N–H and O–H groups in total. The molecule has 3 aromatic heterocycles. The monoisotopic (exact) mass is 660 g/mol. The van der Waals surface area contributed by atoms with Crippen LogP contribution in [0.5, 0.6) is 5.75 Å². The highest BCUT2D eigenvalue weighted by molar-refractivity contribution is 7.17. The van der Waals surface area contributed by atoms with E-state index in [0.29, 0.717) is 16.3 Å². The highest BCUT2D eigenvalue weighted by Gasteiger charge is 2.57. The Bertz CT molecular complexity index is 1970. The maximum Gasteiger partial charge on any atom is 0.424 e. The molecule has 14 heteroatoms. The van der Waals surface area contributed by atoms with Gasteiger partial charge in [0.15, 0.2) is 0 Å². The minimum atomic E-state index is -5.37. The molecule has 2 aromatic carbocycles. The lowest BCUT2D eigenvalue weighted by Crippen LogP contribution is -2.51. The zero-order valence-electron chi connectivity index (χ0n) is 23.8.